The van der Waals surface area contributed by atoms with Crippen molar-refractivity contribution in [3.8, 4) is 6.07 Å². The Hall–Kier alpha value is -2.61. The van der Waals surface area contributed by atoms with Gasteiger partial charge in [-0.3, -0.25) is 0 Å². The molecular formula is C14H13NO4. The predicted molar refractivity (Wildman–Crippen MR) is 68.2 cm³/mol. The molecule has 0 saturated carbocycles. The van der Waals surface area contributed by atoms with Crippen LogP contribution in [0.5, 0.6) is 0 Å². The molecule has 1 aromatic rings. The fourth-order valence-corrected chi connectivity index (χ4v) is 1.34. The SMILES string of the molecule is CC(C)OC(=O)/C(C#N)=C/c1cccc(C(=O)O)c1. The molecule has 1 N–H and O–H groups in total. The van der Waals surface area contributed by atoms with Crippen LogP contribution in [0.2, 0.25) is 0 Å². The molecule has 0 saturated heterocycles. The normalized spacial score (nSPS) is 10.9. The molecule has 0 atom stereocenters. The van der Waals surface area contributed by atoms with Crippen molar-refractivity contribution in [2.24, 2.45) is 0 Å². The maximum Gasteiger partial charge on any atom is 0.349 e. The van der Waals surface area contributed by atoms with Crippen LogP contribution in [0.3, 0.4) is 0 Å². The van der Waals surface area contributed by atoms with Crippen LogP contribution in [0.15, 0.2) is 29.8 Å². The van der Waals surface area contributed by atoms with Gasteiger partial charge in [0.15, 0.2) is 0 Å². The number of carboxylic acid groups (broad SMARTS) is 1. The molecule has 0 bridgehead atoms. The highest BCUT2D eigenvalue weighted by atomic mass is 16.5. The zero-order valence-corrected chi connectivity index (χ0v) is 10.6. The average Bonchev–Trinajstić information content (AvgIpc) is 2.35. The van der Waals surface area contributed by atoms with E-state index in [2.05, 4.69) is 0 Å². The van der Waals surface area contributed by atoms with Crippen LogP contribution >= 0.6 is 0 Å². The Balaban J connectivity index is 3.05. The summed E-state index contributed by atoms with van der Waals surface area (Å²) in [5, 5.41) is 17.8. The lowest BCUT2D eigenvalue weighted by molar-refractivity contribution is -0.142. The van der Waals surface area contributed by atoms with Crippen molar-refractivity contribution < 1.29 is 19.4 Å². The third-order valence-electron chi connectivity index (χ3n) is 2.13. The number of rotatable bonds is 4. The van der Waals surface area contributed by atoms with Gasteiger partial charge in [-0.25, -0.2) is 9.59 Å². The minimum atomic E-state index is -1.07. The van der Waals surface area contributed by atoms with Gasteiger partial charge in [0, 0.05) is 0 Å². The molecule has 0 unspecified atom stereocenters. The van der Waals surface area contributed by atoms with Crippen LogP contribution in [-0.4, -0.2) is 23.1 Å². The lowest BCUT2D eigenvalue weighted by Gasteiger charge is -2.06. The summed E-state index contributed by atoms with van der Waals surface area (Å²) in [4.78, 5) is 22.4. The van der Waals surface area contributed by atoms with Gasteiger partial charge in [-0.15, -0.1) is 0 Å². The van der Waals surface area contributed by atoms with Gasteiger partial charge in [0.2, 0.25) is 0 Å². The number of ether oxygens (including phenoxy) is 1. The molecule has 0 radical (unpaired) electrons. The highest BCUT2D eigenvalue weighted by Crippen LogP contribution is 2.11. The van der Waals surface area contributed by atoms with Gasteiger partial charge in [-0.2, -0.15) is 5.26 Å². The van der Waals surface area contributed by atoms with E-state index in [-0.39, 0.29) is 17.2 Å². The van der Waals surface area contributed by atoms with E-state index in [9.17, 15) is 9.59 Å². The third-order valence-corrected chi connectivity index (χ3v) is 2.13. The number of nitrogens with zero attached hydrogens (tertiary/aromatic N) is 1. The standard InChI is InChI=1S/C14H13NO4/c1-9(2)19-14(18)12(8-15)7-10-4-3-5-11(6-10)13(16)17/h3-7,9H,1-2H3,(H,16,17)/b12-7+. The van der Waals surface area contributed by atoms with Gasteiger partial charge >= 0.3 is 11.9 Å². The molecule has 5 heteroatoms. The van der Waals surface area contributed by atoms with Crippen LogP contribution in [0, 0.1) is 11.3 Å². The Kier molecular flexibility index (Phi) is 4.84. The number of carbonyl (C=O) groups excluding carboxylic acids is 1. The monoisotopic (exact) mass is 259 g/mol. The van der Waals surface area contributed by atoms with Crippen molar-refractivity contribution >= 4 is 18.0 Å². The second kappa shape index (κ2) is 6.36. The first-order chi connectivity index (χ1) is 8.93. The Bertz CT molecular complexity index is 567. The van der Waals surface area contributed by atoms with E-state index in [0.29, 0.717) is 5.56 Å². The molecule has 0 fully saturated rings. The van der Waals surface area contributed by atoms with E-state index >= 15 is 0 Å². The van der Waals surface area contributed by atoms with Crippen molar-refractivity contribution in [3.63, 3.8) is 0 Å². The van der Waals surface area contributed by atoms with E-state index < -0.39 is 11.9 Å². The summed E-state index contributed by atoms with van der Waals surface area (Å²) in [7, 11) is 0. The minimum Gasteiger partial charge on any atom is -0.478 e. The third kappa shape index (κ3) is 4.28. The van der Waals surface area contributed by atoms with Crippen molar-refractivity contribution in [1.29, 1.82) is 5.26 Å². The van der Waals surface area contributed by atoms with Crippen molar-refractivity contribution in [2.45, 2.75) is 20.0 Å². The Labute approximate surface area is 110 Å². The number of nitriles is 1. The van der Waals surface area contributed by atoms with Gasteiger partial charge in [0.25, 0.3) is 0 Å². The van der Waals surface area contributed by atoms with Crippen molar-refractivity contribution in [2.75, 3.05) is 0 Å². The quantitative estimate of drug-likeness (QED) is 0.509. The number of benzene rings is 1. The summed E-state index contributed by atoms with van der Waals surface area (Å²) in [6, 6.07) is 7.69. The van der Waals surface area contributed by atoms with Gasteiger partial charge < -0.3 is 9.84 Å². The molecule has 1 aromatic carbocycles. The fourth-order valence-electron chi connectivity index (χ4n) is 1.34. The summed E-state index contributed by atoms with van der Waals surface area (Å²) in [6.45, 7) is 3.36. The Morgan fingerprint density at radius 2 is 2.11 bits per heavy atom. The molecule has 0 spiro atoms. The molecule has 98 valence electrons. The summed E-state index contributed by atoms with van der Waals surface area (Å²) in [5.74, 6) is -1.79. The maximum atomic E-state index is 11.6. The molecule has 0 aromatic heterocycles. The Morgan fingerprint density at radius 1 is 1.42 bits per heavy atom. The summed E-state index contributed by atoms with van der Waals surface area (Å²) >= 11 is 0. The van der Waals surface area contributed by atoms with Crippen LogP contribution in [0.1, 0.15) is 29.8 Å². The summed E-state index contributed by atoms with van der Waals surface area (Å²) in [6.07, 6.45) is 0.978. The van der Waals surface area contributed by atoms with E-state index in [1.807, 2.05) is 0 Å². The average molecular weight is 259 g/mol. The second-order valence-electron chi connectivity index (χ2n) is 4.05. The van der Waals surface area contributed by atoms with Crippen LogP contribution in [-0.2, 0) is 9.53 Å². The van der Waals surface area contributed by atoms with Gasteiger partial charge in [0.05, 0.1) is 11.7 Å². The summed E-state index contributed by atoms with van der Waals surface area (Å²) < 4.78 is 4.91. The molecule has 5 nitrogen and oxygen atoms in total. The highest BCUT2D eigenvalue weighted by Gasteiger charge is 2.12. The molecule has 0 heterocycles. The van der Waals surface area contributed by atoms with E-state index in [1.165, 1.54) is 24.3 Å². The smallest absolute Gasteiger partial charge is 0.349 e. The predicted octanol–water partition coefficient (Wildman–Crippen LogP) is 2.24. The van der Waals surface area contributed by atoms with Gasteiger partial charge in [-0.05, 0) is 37.6 Å². The topological polar surface area (TPSA) is 87.4 Å². The van der Waals surface area contributed by atoms with Crippen molar-refractivity contribution in [3.05, 3.63) is 41.0 Å². The number of carboxylic acids is 1. The number of hydrogen-bond acceptors (Lipinski definition) is 4. The molecule has 1 rings (SSSR count). The first-order valence-electron chi connectivity index (χ1n) is 5.60. The van der Waals surface area contributed by atoms with Crippen molar-refractivity contribution in [1.82, 2.24) is 0 Å². The molecular weight excluding hydrogens is 246 g/mol. The molecule has 0 aliphatic rings. The maximum absolute atomic E-state index is 11.6. The van der Waals surface area contributed by atoms with Gasteiger partial charge in [0.1, 0.15) is 11.6 Å². The van der Waals surface area contributed by atoms with Crippen LogP contribution < -0.4 is 0 Å². The number of hydrogen-bond donors (Lipinski definition) is 1. The summed E-state index contributed by atoms with van der Waals surface area (Å²) in [5.41, 5.74) is 0.372. The zero-order valence-electron chi connectivity index (χ0n) is 10.6. The van der Waals surface area contributed by atoms with Crippen LogP contribution in [0.4, 0.5) is 0 Å². The molecule has 0 aliphatic carbocycles. The van der Waals surface area contributed by atoms with E-state index in [1.54, 1.807) is 26.0 Å². The minimum absolute atomic E-state index is 0.0864. The molecule has 0 amide bonds. The number of esters is 1. The second-order valence-corrected chi connectivity index (χ2v) is 4.05. The van der Waals surface area contributed by atoms with E-state index in [0.717, 1.165) is 0 Å². The number of carbonyl (C=O) groups is 2. The largest absolute Gasteiger partial charge is 0.478 e. The van der Waals surface area contributed by atoms with Gasteiger partial charge in [-0.1, -0.05) is 12.1 Å². The zero-order chi connectivity index (χ0) is 14.4. The van der Waals surface area contributed by atoms with E-state index in [4.69, 9.17) is 15.1 Å². The lowest BCUT2D eigenvalue weighted by atomic mass is 10.1. The molecule has 19 heavy (non-hydrogen) atoms. The molecule has 0 aliphatic heterocycles. The number of aromatic carboxylic acids is 1. The first kappa shape index (κ1) is 14.5. The highest BCUT2D eigenvalue weighted by molar-refractivity contribution is 5.98. The first-order valence-corrected chi connectivity index (χ1v) is 5.60. The van der Waals surface area contributed by atoms with Crippen LogP contribution in [0.25, 0.3) is 6.08 Å². The fraction of sp³-hybridized carbons (Fsp3) is 0.214. The Morgan fingerprint density at radius 3 is 2.63 bits per heavy atom. The lowest BCUT2D eigenvalue weighted by Crippen LogP contribution is -2.12.